The van der Waals surface area contributed by atoms with Gasteiger partial charge >= 0.3 is 5.97 Å². The maximum atomic E-state index is 11.1. The van der Waals surface area contributed by atoms with Crippen molar-refractivity contribution in [3.8, 4) is 0 Å². The van der Waals surface area contributed by atoms with Crippen molar-refractivity contribution >= 4 is 16.1 Å². The Bertz CT molecular complexity index is 489. The predicted molar refractivity (Wildman–Crippen MR) is 52.3 cm³/mol. The van der Waals surface area contributed by atoms with Crippen LogP contribution >= 0.6 is 0 Å². The van der Waals surface area contributed by atoms with Crippen LogP contribution in [0.2, 0.25) is 0 Å². The van der Waals surface area contributed by atoms with Crippen molar-refractivity contribution in [3.05, 3.63) is 29.3 Å². The highest BCUT2D eigenvalue weighted by Crippen LogP contribution is 2.17. The fourth-order valence-corrected chi connectivity index (χ4v) is 1.87. The molecule has 15 heavy (non-hydrogen) atoms. The molecule has 0 atom stereocenters. The second kappa shape index (κ2) is 4.00. The zero-order valence-corrected chi connectivity index (χ0v) is 9.04. The summed E-state index contributed by atoms with van der Waals surface area (Å²) in [7, 11) is -3.12. The molecule has 6 heteroatoms. The maximum Gasteiger partial charge on any atom is 0.337 e. The van der Waals surface area contributed by atoms with Crippen molar-refractivity contribution in [1.29, 1.82) is 0 Å². The summed E-state index contributed by atoms with van der Waals surface area (Å²) in [6, 6.07) is 3.93. The third-order valence-corrected chi connectivity index (χ3v) is 2.88. The van der Waals surface area contributed by atoms with Gasteiger partial charge in [-0.1, -0.05) is 6.07 Å². The second-order valence-corrected chi connectivity index (χ2v) is 4.34. The topological polar surface area (TPSA) is 80.7 Å². The molecule has 1 aromatic rings. The van der Waals surface area contributed by atoms with Crippen molar-refractivity contribution < 1.29 is 22.5 Å². The molecule has 1 rings (SSSR count). The molecule has 0 unspecified atom stereocenters. The van der Waals surface area contributed by atoms with Crippen LogP contribution in [0.25, 0.3) is 0 Å². The van der Waals surface area contributed by atoms with Gasteiger partial charge in [0.15, 0.2) is 0 Å². The summed E-state index contributed by atoms with van der Waals surface area (Å²) in [5, 5.41) is 0. The highest BCUT2D eigenvalue weighted by molar-refractivity contribution is 7.85. The molecule has 0 radical (unpaired) electrons. The number of ether oxygens (including phenoxy) is 1. The molecule has 82 valence electrons. The van der Waals surface area contributed by atoms with Crippen molar-refractivity contribution in [2.24, 2.45) is 0 Å². The third kappa shape index (κ3) is 2.54. The van der Waals surface area contributed by atoms with Crippen molar-refractivity contribution in [2.75, 3.05) is 7.11 Å². The zero-order chi connectivity index (χ0) is 11.6. The van der Waals surface area contributed by atoms with Gasteiger partial charge in [0, 0.05) is 0 Å². The summed E-state index contributed by atoms with van der Waals surface area (Å²) in [6.45, 7) is 1.52. The van der Waals surface area contributed by atoms with Gasteiger partial charge in [-0.15, -0.1) is 0 Å². The number of methoxy groups -OCH3 is 1. The first-order valence-corrected chi connectivity index (χ1v) is 5.46. The standard InChI is InChI=1S/C9H10O5S/c1-6-3-4-7(9(10)14-2)5-8(6)15(11,12)13/h3-5H,1-2H3,(H,11,12,13). The van der Waals surface area contributed by atoms with Crippen LogP contribution in [0.15, 0.2) is 23.1 Å². The molecular formula is C9H10O5S. The van der Waals surface area contributed by atoms with Gasteiger partial charge in [-0.05, 0) is 24.6 Å². The number of hydrogen-bond acceptors (Lipinski definition) is 4. The molecule has 0 spiro atoms. The molecular weight excluding hydrogens is 220 g/mol. The molecule has 0 aliphatic rings. The molecule has 0 aliphatic carbocycles. The molecule has 0 saturated carbocycles. The minimum absolute atomic E-state index is 0.0794. The van der Waals surface area contributed by atoms with Crippen LogP contribution in [0.5, 0.6) is 0 Å². The summed E-state index contributed by atoms with van der Waals surface area (Å²) >= 11 is 0. The van der Waals surface area contributed by atoms with E-state index in [0.29, 0.717) is 5.56 Å². The summed E-state index contributed by atoms with van der Waals surface area (Å²) in [4.78, 5) is 10.8. The van der Waals surface area contributed by atoms with E-state index in [9.17, 15) is 13.2 Å². The number of hydrogen-bond donors (Lipinski definition) is 1. The molecule has 0 bridgehead atoms. The predicted octanol–water partition coefficient (Wildman–Crippen LogP) is 1.03. The molecule has 5 nitrogen and oxygen atoms in total. The van der Waals surface area contributed by atoms with E-state index < -0.39 is 16.1 Å². The van der Waals surface area contributed by atoms with Gasteiger partial charge < -0.3 is 4.74 Å². The third-order valence-electron chi connectivity index (χ3n) is 1.89. The van der Waals surface area contributed by atoms with Gasteiger partial charge in [0.25, 0.3) is 10.1 Å². The smallest absolute Gasteiger partial charge is 0.337 e. The Morgan fingerprint density at radius 2 is 2.00 bits per heavy atom. The average Bonchev–Trinajstić information content (AvgIpc) is 2.15. The Hall–Kier alpha value is -1.40. The van der Waals surface area contributed by atoms with Gasteiger partial charge in [-0.2, -0.15) is 8.42 Å². The van der Waals surface area contributed by atoms with E-state index in [-0.39, 0.29) is 10.5 Å². The van der Waals surface area contributed by atoms with Crippen LogP contribution in [0.4, 0.5) is 0 Å². The lowest BCUT2D eigenvalue weighted by molar-refractivity contribution is 0.0600. The van der Waals surface area contributed by atoms with E-state index in [0.717, 1.165) is 6.07 Å². The van der Waals surface area contributed by atoms with E-state index in [1.54, 1.807) is 0 Å². The maximum absolute atomic E-state index is 11.1. The minimum atomic E-state index is -4.31. The number of carbonyl (C=O) groups is 1. The summed E-state index contributed by atoms with van der Waals surface area (Å²) in [5.74, 6) is -0.653. The van der Waals surface area contributed by atoms with E-state index in [1.807, 2.05) is 0 Å². The Morgan fingerprint density at radius 3 is 2.47 bits per heavy atom. The Labute approximate surface area is 87.4 Å². The number of aryl methyl sites for hydroxylation is 1. The number of rotatable bonds is 2. The van der Waals surface area contributed by atoms with Crippen LogP contribution in [-0.2, 0) is 14.9 Å². The van der Waals surface area contributed by atoms with E-state index in [1.165, 1.54) is 26.2 Å². The first-order chi connectivity index (χ1) is 6.86. The Morgan fingerprint density at radius 1 is 1.40 bits per heavy atom. The lowest BCUT2D eigenvalue weighted by Gasteiger charge is -2.04. The summed E-state index contributed by atoms with van der Waals surface area (Å²) in [5.41, 5.74) is 0.445. The summed E-state index contributed by atoms with van der Waals surface area (Å²) in [6.07, 6.45) is 0. The fourth-order valence-electron chi connectivity index (χ4n) is 1.12. The minimum Gasteiger partial charge on any atom is -0.465 e. The summed E-state index contributed by atoms with van der Waals surface area (Å²) < 4.78 is 35.1. The van der Waals surface area contributed by atoms with E-state index in [2.05, 4.69) is 4.74 Å². The molecule has 0 aliphatic heterocycles. The van der Waals surface area contributed by atoms with E-state index in [4.69, 9.17) is 4.55 Å². The highest BCUT2D eigenvalue weighted by atomic mass is 32.2. The quantitative estimate of drug-likeness (QED) is 0.606. The molecule has 0 fully saturated rings. The number of benzene rings is 1. The lowest BCUT2D eigenvalue weighted by atomic mass is 10.1. The Kier molecular flexibility index (Phi) is 3.11. The van der Waals surface area contributed by atoms with Gasteiger partial charge in [0.05, 0.1) is 17.6 Å². The van der Waals surface area contributed by atoms with E-state index >= 15 is 0 Å². The van der Waals surface area contributed by atoms with Gasteiger partial charge in [-0.3, -0.25) is 4.55 Å². The number of esters is 1. The second-order valence-electron chi connectivity index (χ2n) is 2.95. The van der Waals surface area contributed by atoms with Gasteiger partial charge in [-0.25, -0.2) is 4.79 Å². The lowest BCUT2D eigenvalue weighted by Crippen LogP contribution is -2.06. The molecule has 0 saturated heterocycles. The fraction of sp³-hybridized carbons (Fsp3) is 0.222. The number of carbonyl (C=O) groups excluding carboxylic acids is 1. The van der Waals surface area contributed by atoms with Crippen molar-refractivity contribution in [2.45, 2.75) is 11.8 Å². The molecule has 1 N–H and O–H groups in total. The molecule has 0 amide bonds. The molecule has 0 heterocycles. The zero-order valence-electron chi connectivity index (χ0n) is 8.22. The van der Waals surface area contributed by atoms with Crippen LogP contribution in [-0.4, -0.2) is 26.0 Å². The average molecular weight is 230 g/mol. The van der Waals surface area contributed by atoms with Crippen molar-refractivity contribution in [3.63, 3.8) is 0 Å². The van der Waals surface area contributed by atoms with Gasteiger partial charge in [0.2, 0.25) is 0 Å². The SMILES string of the molecule is COC(=O)c1ccc(C)c(S(=O)(=O)O)c1. The van der Waals surface area contributed by atoms with Crippen molar-refractivity contribution in [1.82, 2.24) is 0 Å². The highest BCUT2D eigenvalue weighted by Gasteiger charge is 2.16. The van der Waals surface area contributed by atoms with Crippen LogP contribution in [0.3, 0.4) is 0 Å². The monoisotopic (exact) mass is 230 g/mol. The van der Waals surface area contributed by atoms with Crippen LogP contribution < -0.4 is 0 Å². The van der Waals surface area contributed by atoms with Gasteiger partial charge in [0.1, 0.15) is 0 Å². The Balaban J connectivity index is 3.36. The molecule has 1 aromatic carbocycles. The largest absolute Gasteiger partial charge is 0.465 e. The van der Waals surface area contributed by atoms with Crippen LogP contribution in [0.1, 0.15) is 15.9 Å². The molecule has 0 aromatic heterocycles. The normalized spacial score (nSPS) is 11.1. The van der Waals surface area contributed by atoms with Crippen LogP contribution in [0, 0.1) is 6.92 Å². The first-order valence-electron chi connectivity index (χ1n) is 4.02. The first kappa shape index (κ1) is 11.7.